The van der Waals surface area contributed by atoms with E-state index >= 15 is 0 Å². The van der Waals surface area contributed by atoms with E-state index in [9.17, 15) is 9.18 Å². The van der Waals surface area contributed by atoms with Gasteiger partial charge >= 0.3 is 0 Å². The number of aryl methyl sites for hydroxylation is 1. The van der Waals surface area contributed by atoms with E-state index in [4.69, 9.17) is 0 Å². The van der Waals surface area contributed by atoms with E-state index < -0.39 is 0 Å². The molecule has 0 aliphatic heterocycles. The average molecular weight is 286 g/mol. The number of carbonyl (C=O) groups excluding carboxylic acids is 1. The minimum Gasteiger partial charge on any atom is -0.298 e. The Balaban J connectivity index is 1.99. The number of aromatic nitrogens is 2. The molecule has 21 heavy (non-hydrogen) atoms. The van der Waals surface area contributed by atoms with Crippen LogP contribution >= 0.6 is 0 Å². The smallest absolute Gasteiger partial charge is 0.153 e. The first kappa shape index (κ1) is 14.0. The molecule has 1 aliphatic rings. The molecule has 0 radical (unpaired) electrons. The highest BCUT2D eigenvalue weighted by atomic mass is 19.1. The SMILES string of the molecule is Cc1cc(-c2nn(C3CCCCC3)cc2C=O)ccc1F. The van der Waals surface area contributed by atoms with Crippen LogP contribution in [-0.4, -0.2) is 16.1 Å². The molecule has 0 bridgehead atoms. The van der Waals surface area contributed by atoms with Gasteiger partial charge < -0.3 is 0 Å². The topological polar surface area (TPSA) is 34.9 Å². The second-order valence-corrected chi connectivity index (χ2v) is 5.79. The summed E-state index contributed by atoms with van der Waals surface area (Å²) in [4.78, 5) is 11.3. The summed E-state index contributed by atoms with van der Waals surface area (Å²) in [5.74, 6) is -0.238. The Morgan fingerprint density at radius 2 is 2.05 bits per heavy atom. The Bertz CT molecular complexity index is 657. The third-order valence-corrected chi connectivity index (χ3v) is 4.27. The maximum Gasteiger partial charge on any atom is 0.153 e. The van der Waals surface area contributed by atoms with Crippen LogP contribution in [0.25, 0.3) is 11.3 Å². The molecule has 0 atom stereocenters. The van der Waals surface area contributed by atoms with E-state index in [1.165, 1.54) is 25.3 Å². The number of benzene rings is 1. The van der Waals surface area contributed by atoms with Gasteiger partial charge in [0.2, 0.25) is 0 Å². The van der Waals surface area contributed by atoms with Gasteiger partial charge in [-0.25, -0.2) is 4.39 Å². The Morgan fingerprint density at radius 1 is 1.29 bits per heavy atom. The van der Waals surface area contributed by atoms with E-state index in [1.54, 1.807) is 19.1 Å². The molecule has 0 N–H and O–H groups in total. The molecule has 0 unspecified atom stereocenters. The molecule has 1 saturated carbocycles. The summed E-state index contributed by atoms with van der Waals surface area (Å²) in [5, 5.41) is 4.61. The Kier molecular flexibility index (Phi) is 3.86. The molecular weight excluding hydrogens is 267 g/mol. The number of aldehydes is 1. The first-order chi connectivity index (χ1) is 10.2. The van der Waals surface area contributed by atoms with Crippen molar-refractivity contribution in [2.75, 3.05) is 0 Å². The fraction of sp³-hybridized carbons (Fsp3) is 0.412. The van der Waals surface area contributed by atoms with Crippen molar-refractivity contribution in [2.45, 2.75) is 45.1 Å². The number of halogens is 1. The lowest BCUT2D eigenvalue weighted by molar-refractivity contribution is 0.112. The lowest BCUT2D eigenvalue weighted by Gasteiger charge is -2.21. The largest absolute Gasteiger partial charge is 0.298 e. The number of nitrogens with zero attached hydrogens (tertiary/aromatic N) is 2. The third kappa shape index (κ3) is 2.75. The van der Waals surface area contributed by atoms with Crippen LogP contribution in [0.4, 0.5) is 4.39 Å². The minimum absolute atomic E-state index is 0.238. The lowest BCUT2D eigenvalue weighted by Crippen LogP contribution is -2.13. The van der Waals surface area contributed by atoms with E-state index in [0.717, 1.165) is 24.7 Å². The normalized spacial score (nSPS) is 16.1. The molecule has 1 fully saturated rings. The van der Waals surface area contributed by atoms with Crippen molar-refractivity contribution in [3.8, 4) is 11.3 Å². The summed E-state index contributed by atoms with van der Waals surface area (Å²) >= 11 is 0. The standard InChI is InChI=1S/C17H19FN2O/c1-12-9-13(7-8-16(12)18)17-14(11-21)10-20(19-17)15-5-3-2-4-6-15/h7-11,15H,2-6H2,1H3. The van der Waals surface area contributed by atoms with Gasteiger partial charge in [0.15, 0.2) is 6.29 Å². The fourth-order valence-corrected chi connectivity index (χ4v) is 3.04. The van der Waals surface area contributed by atoms with Gasteiger partial charge in [-0.05, 0) is 43.5 Å². The summed E-state index contributed by atoms with van der Waals surface area (Å²) in [6.45, 7) is 1.72. The minimum atomic E-state index is -0.238. The van der Waals surface area contributed by atoms with Gasteiger partial charge in [0.05, 0.1) is 11.6 Å². The average Bonchev–Trinajstić information content (AvgIpc) is 2.95. The zero-order valence-corrected chi connectivity index (χ0v) is 12.2. The highest BCUT2D eigenvalue weighted by Gasteiger charge is 2.19. The van der Waals surface area contributed by atoms with Gasteiger partial charge in [-0.15, -0.1) is 0 Å². The molecule has 0 spiro atoms. The van der Waals surface area contributed by atoms with Gasteiger partial charge in [0.25, 0.3) is 0 Å². The molecule has 0 amide bonds. The van der Waals surface area contributed by atoms with Crippen LogP contribution in [0.3, 0.4) is 0 Å². The van der Waals surface area contributed by atoms with E-state index in [0.29, 0.717) is 22.9 Å². The van der Waals surface area contributed by atoms with Gasteiger partial charge in [-0.1, -0.05) is 19.3 Å². The monoisotopic (exact) mass is 286 g/mol. The first-order valence-corrected chi connectivity index (χ1v) is 7.50. The van der Waals surface area contributed by atoms with Crippen molar-refractivity contribution in [1.29, 1.82) is 0 Å². The molecule has 3 rings (SSSR count). The maximum absolute atomic E-state index is 13.4. The lowest BCUT2D eigenvalue weighted by atomic mass is 9.96. The van der Waals surface area contributed by atoms with Crippen LogP contribution in [0, 0.1) is 12.7 Å². The second-order valence-electron chi connectivity index (χ2n) is 5.79. The molecule has 110 valence electrons. The molecule has 1 aromatic carbocycles. The van der Waals surface area contributed by atoms with Crippen molar-refractivity contribution in [3.05, 3.63) is 41.3 Å². The molecule has 4 heteroatoms. The Labute approximate surface area is 123 Å². The third-order valence-electron chi connectivity index (χ3n) is 4.27. The number of carbonyl (C=O) groups is 1. The van der Waals surface area contributed by atoms with Crippen molar-refractivity contribution in [1.82, 2.24) is 9.78 Å². The van der Waals surface area contributed by atoms with Gasteiger partial charge in [-0.3, -0.25) is 9.48 Å². The van der Waals surface area contributed by atoms with Crippen LogP contribution < -0.4 is 0 Å². The predicted molar refractivity (Wildman–Crippen MR) is 79.9 cm³/mol. The van der Waals surface area contributed by atoms with E-state index in [1.807, 2.05) is 10.9 Å². The Hall–Kier alpha value is -1.97. The summed E-state index contributed by atoms with van der Waals surface area (Å²) in [5.41, 5.74) is 2.59. The van der Waals surface area contributed by atoms with Crippen molar-refractivity contribution >= 4 is 6.29 Å². The number of hydrogen-bond acceptors (Lipinski definition) is 2. The first-order valence-electron chi connectivity index (χ1n) is 7.50. The van der Waals surface area contributed by atoms with E-state index in [-0.39, 0.29) is 5.82 Å². The molecular formula is C17H19FN2O. The highest BCUT2D eigenvalue weighted by molar-refractivity contribution is 5.85. The predicted octanol–water partition coefficient (Wildman–Crippen LogP) is 4.32. The fourth-order valence-electron chi connectivity index (χ4n) is 3.04. The van der Waals surface area contributed by atoms with Crippen LogP contribution in [0.1, 0.15) is 54.1 Å². The molecule has 0 saturated heterocycles. The van der Waals surface area contributed by atoms with Gasteiger partial charge in [-0.2, -0.15) is 5.10 Å². The Morgan fingerprint density at radius 3 is 2.71 bits per heavy atom. The van der Waals surface area contributed by atoms with Crippen LogP contribution in [0.15, 0.2) is 24.4 Å². The maximum atomic E-state index is 13.4. The van der Waals surface area contributed by atoms with Crippen LogP contribution in [-0.2, 0) is 0 Å². The summed E-state index contributed by atoms with van der Waals surface area (Å²) in [6.07, 6.45) is 8.60. The molecule has 3 nitrogen and oxygen atoms in total. The number of rotatable bonds is 3. The van der Waals surface area contributed by atoms with Gasteiger partial charge in [0, 0.05) is 11.8 Å². The van der Waals surface area contributed by atoms with Crippen molar-refractivity contribution in [2.24, 2.45) is 0 Å². The molecule has 2 aromatic rings. The van der Waals surface area contributed by atoms with Crippen LogP contribution in [0.5, 0.6) is 0 Å². The second kappa shape index (κ2) is 5.80. The van der Waals surface area contributed by atoms with Crippen molar-refractivity contribution in [3.63, 3.8) is 0 Å². The highest BCUT2D eigenvalue weighted by Crippen LogP contribution is 2.30. The summed E-state index contributed by atoms with van der Waals surface area (Å²) in [6, 6.07) is 5.24. The van der Waals surface area contributed by atoms with Crippen LogP contribution in [0.2, 0.25) is 0 Å². The zero-order chi connectivity index (χ0) is 14.8. The number of hydrogen-bond donors (Lipinski definition) is 0. The molecule has 1 heterocycles. The summed E-state index contributed by atoms with van der Waals surface area (Å²) < 4.78 is 15.3. The quantitative estimate of drug-likeness (QED) is 0.788. The van der Waals surface area contributed by atoms with Crippen molar-refractivity contribution < 1.29 is 9.18 Å². The summed E-state index contributed by atoms with van der Waals surface area (Å²) in [7, 11) is 0. The molecule has 1 aromatic heterocycles. The van der Waals surface area contributed by atoms with E-state index in [2.05, 4.69) is 5.10 Å². The van der Waals surface area contributed by atoms with Gasteiger partial charge in [0.1, 0.15) is 11.5 Å². The molecule has 1 aliphatic carbocycles. The zero-order valence-electron chi connectivity index (χ0n) is 12.2.